The largest absolute Gasteiger partial charge is 0.492 e. The molecule has 1 aromatic carbocycles. The lowest BCUT2D eigenvalue weighted by atomic mass is 10.2. The Morgan fingerprint density at radius 1 is 1.40 bits per heavy atom. The number of hydrogen-bond acceptors (Lipinski definition) is 3. The standard InChI is InChI=1S/C16H24N2O2/c1-13(14-8-9-14)18(2)12-16(19)17-10-11-20-15-6-4-3-5-7-15/h3-7,13-14H,8-12H2,1-2H3,(H,17,19). The van der Waals surface area contributed by atoms with Gasteiger partial charge in [0.1, 0.15) is 12.4 Å². The minimum absolute atomic E-state index is 0.0664. The average Bonchev–Trinajstić information content (AvgIpc) is 3.28. The molecule has 1 N–H and O–H groups in total. The van der Waals surface area contributed by atoms with Crippen LogP contribution in [0.5, 0.6) is 5.75 Å². The summed E-state index contributed by atoms with van der Waals surface area (Å²) in [6.07, 6.45) is 2.61. The smallest absolute Gasteiger partial charge is 0.234 e. The second-order valence-corrected chi connectivity index (χ2v) is 5.50. The highest BCUT2D eigenvalue weighted by Crippen LogP contribution is 2.34. The summed E-state index contributed by atoms with van der Waals surface area (Å²) >= 11 is 0. The van der Waals surface area contributed by atoms with Gasteiger partial charge in [-0.3, -0.25) is 9.69 Å². The zero-order valence-electron chi connectivity index (χ0n) is 12.3. The first kappa shape index (κ1) is 14.9. The summed E-state index contributed by atoms with van der Waals surface area (Å²) < 4.78 is 5.53. The number of para-hydroxylation sites is 1. The molecule has 110 valence electrons. The molecule has 1 aliphatic carbocycles. The number of carbonyl (C=O) groups is 1. The van der Waals surface area contributed by atoms with E-state index in [2.05, 4.69) is 17.1 Å². The van der Waals surface area contributed by atoms with Crippen LogP contribution in [-0.2, 0) is 4.79 Å². The van der Waals surface area contributed by atoms with E-state index >= 15 is 0 Å². The zero-order chi connectivity index (χ0) is 14.4. The van der Waals surface area contributed by atoms with Gasteiger partial charge in [0.2, 0.25) is 5.91 Å². The summed E-state index contributed by atoms with van der Waals surface area (Å²) in [5, 5.41) is 2.89. The lowest BCUT2D eigenvalue weighted by molar-refractivity contribution is -0.122. The Hall–Kier alpha value is -1.55. The van der Waals surface area contributed by atoms with E-state index in [1.54, 1.807) is 0 Å². The quantitative estimate of drug-likeness (QED) is 0.738. The molecule has 4 heteroatoms. The van der Waals surface area contributed by atoms with Gasteiger partial charge < -0.3 is 10.1 Å². The van der Waals surface area contributed by atoms with Gasteiger partial charge in [0.15, 0.2) is 0 Å². The monoisotopic (exact) mass is 276 g/mol. The molecule has 1 aliphatic rings. The Balaban J connectivity index is 1.58. The molecule has 0 radical (unpaired) electrons. The first-order chi connectivity index (χ1) is 9.66. The average molecular weight is 276 g/mol. The summed E-state index contributed by atoms with van der Waals surface area (Å²) in [7, 11) is 2.02. The van der Waals surface area contributed by atoms with Gasteiger partial charge in [-0.1, -0.05) is 18.2 Å². The highest BCUT2D eigenvalue weighted by Gasteiger charge is 2.30. The maximum absolute atomic E-state index is 11.8. The molecule has 1 aromatic rings. The fourth-order valence-electron chi connectivity index (χ4n) is 2.24. The molecule has 2 rings (SSSR count). The number of nitrogens with one attached hydrogen (secondary N) is 1. The first-order valence-corrected chi connectivity index (χ1v) is 7.31. The maximum Gasteiger partial charge on any atom is 0.234 e. The van der Waals surface area contributed by atoms with Gasteiger partial charge in [0, 0.05) is 6.04 Å². The zero-order valence-corrected chi connectivity index (χ0v) is 12.3. The predicted molar refractivity (Wildman–Crippen MR) is 79.8 cm³/mol. The second-order valence-electron chi connectivity index (χ2n) is 5.50. The van der Waals surface area contributed by atoms with Crippen LogP contribution in [0.25, 0.3) is 0 Å². The number of carbonyl (C=O) groups excluding carboxylic acids is 1. The van der Waals surface area contributed by atoms with E-state index in [1.165, 1.54) is 12.8 Å². The van der Waals surface area contributed by atoms with Crippen molar-refractivity contribution in [1.82, 2.24) is 10.2 Å². The van der Waals surface area contributed by atoms with Crippen molar-refractivity contribution in [2.24, 2.45) is 5.92 Å². The van der Waals surface area contributed by atoms with E-state index in [4.69, 9.17) is 4.74 Å². The van der Waals surface area contributed by atoms with Crippen LogP contribution in [0.1, 0.15) is 19.8 Å². The third-order valence-electron chi connectivity index (χ3n) is 3.83. The number of ether oxygens (including phenoxy) is 1. The molecular formula is C16H24N2O2. The van der Waals surface area contributed by atoms with Gasteiger partial charge >= 0.3 is 0 Å². The van der Waals surface area contributed by atoms with Crippen molar-refractivity contribution in [2.45, 2.75) is 25.8 Å². The molecule has 0 aliphatic heterocycles. The van der Waals surface area contributed by atoms with E-state index in [1.807, 2.05) is 37.4 Å². The SMILES string of the molecule is CC(C1CC1)N(C)CC(=O)NCCOc1ccccc1. The molecule has 1 unspecified atom stereocenters. The van der Waals surface area contributed by atoms with Gasteiger partial charge in [0.05, 0.1) is 13.1 Å². The predicted octanol–water partition coefficient (Wildman–Crippen LogP) is 1.91. The van der Waals surface area contributed by atoms with Gasteiger partial charge in [0.25, 0.3) is 0 Å². The van der Waals surface area contributed by atoms with Crippen LogP contribution in [0.4, 0.5) is 0 Å². The van der Waals surface area contributed by atoms with Crippen molar-refractivity contribution in [1.29, 1.82) is 0 Å². The minimum Gasteiger partial charge on any atom is -0.492 e. The van der Waals surface area contributed by atoms with Crippen molar-refractivity contribution in [3.8, 4) is 5.75 Å². The summed E-state index contributed by atoms with van der Waals surface area (Å²) in [6.45, 7) is 3.70. The summed E-state index contributed by atoms with van der Waals surface area (Å²) in [6, 6.07) is 10.1. The van der Waals surface area contributed by atoms with E-state index in [0.717, 1.165) is 11.7 Å². The van der Waals surface area contributed by atoms with Crippen LogP contribution in [0.15, 0.2) is 30.3 Å². The Morgan fingerprint density at radius 2 is 2.10 bits per heavy atom. The Bertz CT molecular complexity index is 418. The molecule has 1 fully saturated rings. The van der Waals surface area contributed by atoms with E-state index in [-0.39, 0.29) is 5.91 Å². The number of hydrogen-bond donors (Lipinski definition) is 1. The normalized spacial score (nSPS) is 15.9. The van der Waals surface area contributed by atoms with E-state index in [9.17, 15) is 4.79 Å². The van der Waals surface area contributed by atoms with Crippen molar-refractivity contribution in [3.63, 3.8) is 0 Å². The third kappa shape index (κ3) is 4.85. The molecule has 0 bridgehead atoms. The number of nitrogens with zero attached hydrogens (tertiary/aromatic N) is 1. The fraction of sp³-hybridized carbons (Fsp3) is 0.562. The molecule has 1 saturated carbocycles. The number of benzene rings is 1. The van der Waals surface area contributed by atoms with Gasteiger partial charge in [-0.15, -0.1) is 0 Å². The van der Waals surface area contributed by atoms with Gasteiger partial charge in [-0.25, -0.2) is 0 Å². The third-order valence-corrected chi connectivity index (χ3v) is 3.83. The second kappa shape index (κ2) is 7.29. The van der Waals surface area contributed by atoms with Crippen LogP contribution < -0.4 is 10.1 Å². The molecule has 0 aromatic heterocycles. The maximum atomic E-state index is 11.8. The first-order valence-electron chi connectivity index (χ1n) is 7.31. The Morgan fingerprint density at radius 3 is 2.75 bits per heavy atom. The Kier molecular flexibility index (Phi) is 5.41. The lowest BCUT2D eigenvalue weighted by Gasteiger charge is -2.23. The van der Waals surface area contributed by atoms with Crippen molar-refractivity contribution in [3.05, 3.63) is 30.3 Å². The highest BCUT2D eigenvalue weighted by molar-refractivity contribution is 5.78. The van der Waals surface area contributed by atoms with Crippen LogP contribution in [0, 0.1) is 5.92 Å². The molecule has 0 saturated heterocycles. The van der Waals surface area contributed by atoms with Crippen molar-refractivity contribution < 1.29 is 9.53 Å². The van der Waals surface area contributed by atoms with E-state index in [0.29, 0.717) is 25.7 Å². The van der Waals surface area contributed by atoms with Crippen molar-refractivity contribution in [2.75, 3.05) is 26.7 Å². The lowest BCUT2D eigenvalue weighted by Crippen LogP contribution is -2.41. The van der Waals surface area contributed by atoms with Gasteiger partial charge in [-0.2, -0.15) is 0 Å². The number of likely N-dealkylation sites (N-methyl/N-ethyl adjacent to an activating group) is 1. The number of amides is 1. The summed E-state index contributed by atoms with van der Waals surface area (Å²) in [5.41, 5.74) is 0. The molecule has 20 heavy (non-hydrogen) atoms. The fourth-order valence-corrected chi connectivity index (χ4v) is 2.24. The molecular weight excluding hydrogens is 252 g/mol. The summed E-state index contributed by atoms with van der Waals surface area (Å²) in [4.78, 5) is 13.9. The van der Waals surface area contributed by atoms with E-state index < -0.39 is 0 Å². The molecule has 0 spiro atoms. The molecule has 1 amide bonds. The van der Waals surface area contributed by atoms with Crippen LogP contribution in [-0.4, -0.2) is 43.6 Å². The van der Waals surface area contributed by atoms with Crippen molar-refractivity contribution >= 4 is 5.91 Å². The topological polar surface area (TPSA) is 41.6 Å². The molecule has 1 atom stereocenters. The van der Waals surface area contributed by atoms with Gasteiger partial charge in [-0.05, 0) is 44.9 Å². The van der Waals surface area contributed by atoms with Crippen LogP contribution in [0.3, 0.4) is 0 Å². The minimum atomic E-state index is 0.0664. The van der Waals surface area contributed by atoms with Crippen LogP contribution >= 0.6 is 0 Å². The molecule has 0 heterocycles. The highest BCUT2D eigenvalue weighted by atomic mass is 16.5. The van der Waals surface area contributed by atoms with Crippen LogP contribution in [0.2, 0.25) is 0 Å². The molecule has 4 nitrogen and oxygen atoms in total. The number of rotatable bonds is 8. The summed E-state index contributed by atoms with van der Waals surface area (Å²) in [5.74, 6) is 1.69. The Labute approximate surface area is 121 Å².